The van der Waals surface area contributed by atoms with Crippen LogP contribution in [0.25, 0.3) is 0 Å². The summed E-state index contributed by atoms with van der Waals surface area (Å²) in [6.45, 7) is 4.09. The van der Waals surface area contributed by atoms with Crippen LogP contribution in [0.5, 0.6) is 0 Å². The Morgan fingerprint density at radius 1 is 0.358 bits per heavy atom. The number of carbonyl (C=O) groups excluding carboxylic acids is 1. The number of amides is 1. The zero-order valence-electron chi connectivity index (χ0n) is 45.2. The zero-order chi connectivity index (χ0) is 48.8. The summed E-state index contributed by atoms with van der Waals surface area (Å²) in [6, 6.07) is -1.00. The summed E-state index contributed by atoms with van der Waals surface area (Å²) in [6.07, 6.45) is 68.4. The molecule has 0 aromatic heterocycles. The molecule has 0 radical (unpaired) electrons. The van der Waals surface area contributed by atoms with Crippen LogP contribution in [0.3, 0.4) is 0 Å². The maximum atomic E-state index is 12.6. The Bertz CT molecular complexity index is 1020. The van der Waals surface area contributed by atoms with Gasteiger partial charge in [-0.1, -0.05) is 289 Å². The first kappa shape index (κ1) is 65.8. The molecule has 0 aromatic carbocycles. The van der Waals surface area contributed by atoms with Gasteiger partial charge in [0, 0.05) is 0 Å². The minimum absolute atomic E-state index is 0.362. The van der Waals surface area contributed by atoms with Gasteiger partial charge in [0.25, 0.3) is 0 Å². The van der Waals surface area contributed by atoms with E-state index in [2.05, 4.69) is 43.5 Å². The molecule has 4 atom stereocenters. The van der Waals surface area contributed by atoms with Gasteiger partial charge in [-0.3, -0.25) is 4.79 Å². The largest absolute Gasteiger partial charge is 0.394 e. The van der Waals surface area contributed by atoms with Gasteiger partial charge >= 0.3 is 0 Å². The maximum absolute atomic E-state index is 12.6. The van der Waals surface area contributed by atoms with Gasteiger partial charge < -0.3 is 25.7 Å². The lowest BCUT2D eigenvalue weighted by molar-refractivity contribution is -0.132. The predicted octanol–water partition coefficient (Wildman–Crippen LogP) is 17.8. The van der Waals surface area contributed by atoms with E-state index in [1.54, 1.807) is 0 Å². The van der Waals surface area contributed by atoms with Crippen molar-refractivity contribution in [3.63, 3.8) is 0 Å². The van der Waals surface area contributed by atoms with Crippen molar-refractivity contribution in [1.29, 1.82) is 0 Å². The number of aliphatic hydroxyl groups is 4. The van der Waals surface area contributed by atoms with Crippen LogP contribution in [0, 0.1) is 0 Å². The van der Waals surface area contributed by atoms with E-state index in [1.165, 1.54) is 263 Å². The number of hydrogen-bond acceptors (Lipinski definition) is 5. The van der Waals surface area contributed by atoms with Crippen molar-refractivity contribution in [2.75, 3.05) is 6.61 Å². The fraction of sp³-hybridized carbons (Fsp3) is 0.918. The normalized spacial score (nSPS) is 13.8. The van der Waals surface area contributed by atoms with Crippen molar-refractivity contribution in [3.05, 3.63) is 24.3 Å². The summed E-state index contributed by atoms with van der Waals surface area (Å²) in [7, 11) is 0. The molecule has 0 heterocycles. The summed E-state index contributed by atoms with van der Waals surface area (Å²) in [5, 5.41) is 44.0. The summed E-state index contributed by atoms with van der Waals surface area (Å²) >= 11 is 0. The zero-order valence-corrected chi connectivity index (χ0v) is 45.2. The molecule has 6 heteroatoms. The molecule has 398 valence electrons. The second-order valence-electron chi connectivity index (χ2n) is 21.0. The van der Waals surface area contributed by atoms with Crippen LogP contribution in [0.4, 0.5) is 0 Å². The molecule has 0 rings (SSSR count). The Balaban J connectivity index is 3.63. The van der Waals surface area contributed by atoms with E-state index in [4.69, 9.17) is 0 Å². The van der Waals surface area contributed by atoms with Gasteiger partial charge in [-0.2, -0.15) is 0 Å². The van der Waals surface area contributed by atoms with E-state index < -0.39 is 36.9 Å². The van der Waals surface area contributed by atoms with E-state index in [-0.39, 0.29) is 0 Å². The Morgan fingerprint density at radius 3 is 0.896 bits per heavy atom. The second kappa shape index (κ2) is 55.7. The number of aliphatic hydroxyl groups excluding tert-OH is 4. The molecule has 5 N–H and O–H groups in total. The third-order valence-electron chi connectivity index (χ3n) is 14.4. The molecule has 4 unspecified atom stereocenters. The molecule has 0 bridgehead atoms. The number of unbranched alkanes of at least 4 members (excludes halogenated alkanes) is 43. The third kappa shape index (κ3) is 49.6. The van der Waals surface area contributed by atoms with Crippen molar-refractivity contribution < 1.29 is 25.2 Å². The van der Waals surface area contributed by atoms with Gasteiger partial charge in [0.05, 0.1) is 18.8 Å². The maximum Gasteiger partial charge on any atom is 0.249 e. The summed E-state index contributed by atoms with van der Waals surface area (Å²) < 4.78 is 0. The lowest BCUT2D eigenvalue weighted by Crippen LogP contribution is -2.53. The molecule has 6 nitrogen and oxygen atoms in total. The van der Waals surface area contributed by atoms with E-state index in [0.717, 1.165) is 38.5 Å². The molecule has 0 aliphatic carbocycles. The number of rotatable bonds is 56. The molecule has 0 saturated carbocycles. The molecule has 0 aromatic rings. The molecule has 0 aliphatic rings. The topological polar surface area (TPSA) is 110 Å². The van der Waals surface area contributed by atoms with Crippen LogP contribution >= 0.6 is 0 Å². The smallest absolute Gasteiger partial charge is 0.249 e. The highest BCUT2D eigenvalue weighted by Crippen LogP contribution is 2.18. The summed E-state index contributed by atoms with van der Waals surface area (Å²) in [5.74, 6) is -0.590. The molecule has 67 heavy (non-hydrogen) atoms. The molecule has 0 saturated heterocycles. The first-order valence-corrected chi connectivity index (χ1v) is 30.2. The van der Waals surface area contributed by atoms with Gasteiger partial charge in [0.2, 0.25) is 5.91 Å². The van der Waals surface area contributed by atoms with Gasteiger partial charge in [0.15, 0.2) is 0 Å². The Labute approximate surface area is 418 Å². The molecule has 0 fully saturated rings. The SMILES string of the molecule is CCCCCCCCCCCCCC/C=C\CCCCCCCCCCCC(O)C(=O)NC(CO)C(O)C(O)CCC/C=C/CCCCCCCCCCCCCCCCCCCCCCC. The predicted molar refractivity (Wildman–Crippen MR) is 293 cm³/mol. The molecular formula is C61H119NO5. The standard InChI is InChI=1S/C61H119NO5/c1-3-5-7-9-11-13-15-17-19-21-23-25-27-29-31-32-34-36-38-40-42-44-46-48-50-52-54-58(64)60(66)57(56-63)62-61(67)59(65)55-53-51-49-47-45-43-41-39-37-35-33-30-28-26-24-22-20-18-16-14-12-10-8-6-4-2/h30,33,46,48,57-60,63-66H,3-29,31-32,34-45,47,49-56H2,1-2H3,(H,62,67)/b33-30-,48-46+. The van der Waals surface area contributed by atoms with Crippen molar-refractivity contribution >= 4 is 5.91 Å². The fourth-order valence-corrected chi connectivity index (χ4v) is 9.64. The summed E-state index contributed by atoms with van der Waals surface area (Å²) in [4.78, 5) is 12.6. The van der Waals surface area contributed by atoms with Gasteiger partial charge in [-0.05, 0) is 64.2 Å². The average molecular weight is 947 g/mol. The van der Waals surface area contributed by atoms with Crippen LogP contribution in [0.2, 0.25) is 0 Å². The van der Waals surface area contributed by atoms with Crippen LogP contribution in [-0.4, -0.2) is 57.3 Å². The van der Waals surface area contributed by atoms with Crippen molar-refractivity contribution in [1.82, 2.24) is 5.32 Å². The first-order chi connectivity index (χ1) is 33.0. The fourth-order valence-electron chi connectivity index (χ4n) is 9.64. The summed E-state index contributed by atoms with van der Waals surface area (Å²) in [5.41, 5.74) is 0. The minimum Gasteiger partial charge on any atom is -0.394 e. The number of carbonyl (C=O) groups is 1. The van der Waals surface area contributed by atoms with Crippen LogP contribution < -0.4 is 5.32 Å². The molecule has 0 spiro atoms. The number of nitrogens with one attached hydrogen (secondary N) is 1. The van der Waals surface area contributed by atoms with Gasteiger partial charge in [0.1, 0.15) is 12.2 Å². The van der Waals surface area contributed by atoms with E-state index in [9.17, 15) is 25.2 Å². The minimum atomic E-state index is -1.28. The monoisotopic (exact) mass is 946 g/mol. The quantitative estimate of drug-likeness (QED) is 0.0308. The van der Waals surface area contributed by atoms with Crippen LogP contribution in [0.1, 0.15) is 328 Å². The Hall–Kier alpha value is -1.21. The lowest BCUT2D eigenvalue weighted by atomic mass is 10.00. The third-order valence-corrected chi connectivity index (χ3v) is 14.4. The average Bonchev–Trinajstić information content (AvgIpc) is 3.33. The van der Waals surface area contributed by atoms with Crippen LogP contribution in [0.15, 0.2) is 24.3 Å². The molecular weight excluding hydrogens is 827 g/mol. The highest BCUT2D eigenvalue weighted by atomic mass is 16.3. The van der Waals surface area contributed by atoms with E-state index >= 15 is 0 Å². The highest BCUT2D eigenvalue weighted by Gasteiger charge is 2.28. The van der Waals surface area contributed by atoms with Crippen molar-refractivity contribution in [2.45, 2.75) is 353 Å². The Kier molecular flexibility index (Phi) is 54.7. The molecule has 1 amide bonds. The second-order valence-corrected chi connectivity index (χ2v) is 21.0. The van der Waals surface area contributed by atoms with E-state index in [1.807, 2.05) is 0 Å². The number of allylic oxidation sites excluding steroid dienone is 4. The van der Waals surface area contributed by atoms with Gasteiger partial charge in [-0.25, -0.2) is 0 Å². The van der Waals surface area contributed by atoms with Gasteiger partial charge in [-0.15, -0.1) is 0 Å². The van der Waals surface area contributed by atoms with Crippen molar-refractivity contribution in [2.24, 2.45) is 0 Å². The molecule has 0 aliphatic heterocycles. The van der Waals surface area contributed by atoms with Crippen LogP contribution in [-0.2, 0) is 4.79 Å². The first-order valence-electron chi connectivity index (χ1n) is 30.2. The highest BCUT2D eigenvalue weighted by molar-refractivity contribution is 5.80. The van der Waals surface area contributed by atoms with E-state index in [0.29, 0.717) is 12.8 Å². The van der Waals surface area contributed by atoms with Crippen molar-refractivity contribution in [3.8, 4) is 0 Å². The lowest BCUT2D eigenvalue weighted by Gasteiger charge is -2.27. The number of hydrogen-bond donors (Lipinski definition) is 5. The Morgan fingerprint density at radius 2 is 0.612 bits per heavy atom.